The average Bonchev–Trinajstić information content (AvgIpc) is 3.52. The molecule has 0 saturated heterocycles. The molecule has 488 valence electrons. The van der Waals surface area contributed by atoms with Gasteiger partial charge >= 0.3 is 33.6 Å². The van der Waals surface area contributed by atoms with E-state index in [0.717, 1.165) is 161 Å². The van der Waals surface area contributed by atoms with Crippen molar-refractivity contribution in [2.45, 2.75) is 257 Å². The number of rotatable bonds is 60. The number of aliphatic hydroxyl groups excluding tert-OH is 2. The Morgan fingerprint density at radius 1 is 0.341 bits per heavy atom. The Bertz CT molecular complexity index is 1990. The fourth-order valence-electron chi connectivity index (χ4n) is 8.07. The Kier molecular flexibility index (Phi) is 57.8. The fourth-order valence-corrected chi connectivity index (χ4v) is 9.66. The van der Waals surface area contributed by atoms with Crippen molar-refractivity contribution in [1.29, 1.82) is 0 Å². The molecule has 0 aliphatic carbocycles. The highest BCUT2D eigenvalue weighted by Crippen LogP contribution is 2.45. The topological polar surface area (TPSA) is 231 Å². The lowest BCUT2D eigenvalue weighted by molar-refractivity contribution is -0.161. The molecule has 0 radical (unpaired) electrons. The van der Waals surface area contributed by atoms with Gasteiger partial charge in [-0.15, -0.1) is 0 Å². The second kappa shape index (κ2) is 60.5. The monoisotopic (exact) mass is 1240 g/mol. The first kappa shape index (κ1) is 81.2. The molecular formula is C67H114O16P2. The zero-order valence-electron chi connectivity index (χ0n) is 52.5. The third-order valence-corrected chi connectivity index (χ3v) is 14.9. The Morgan fingerprint density at radius 3 is 0.988 bits per heavy atom. The lowest BCUT2D eigenvalue weighted by Crippen LogP contribution is -2.30. The number of hydrogen-bond donors (Lipinski definition) is 4. The summed E-state index contributed by atoms with van der Waals surface area (Å²) < 4.78 is 60.7. The van der Waals surface area contributed by atoms with Crippen LogP contribution in [0.4, 0.5) is 0 Å². The number of carbonyl (C=O) groups excluding carboxylic acids is 3. The van der Waals surface area contributed by atoms with Gasteiger partial charge < -0.3 is 34.2 Å². The SMILES string of the molecule is CC/C=C\C/C=C\C/C=C\C/C=C\CCCCCCCCC(=O)OCC(O)COP(=O)(O)OCC(O)COP(=O)(O)OCC(COC(=O)CCCCCCC/C=C\C/C=C\C/C=C\CC)OC(=O)CCCCCCC/C=C\C/C=C\CCCCC. The van der Waals surface area contributed by atoms with Crippen molar-refractivity contribution < 1.29 is 75.8 Å². The number of carbonyl (C=O) groups is 3. The van der Waals surface area contributed by atoms with Crippen LogP contribution in [0.5, 0.6) is 0 Å². The number of unbranched alkanes of at least 4 members (excludes halogenated alkanes) is 19. The minimum absolute atomic E-state index is 0.0822. The molecule has 0 heterocycles. The van der Waals surface area contributed by atoms with Crippen LogP contribution in [-0.4, -0.2) is 95.9 Å². The predicted octanol–water partition coefficient (Wildman–Crippen LogP) is 17.3. The molecule has 18 heteroatoms. The number of esters is 3. The summed E-state index contributed by atoms with van der Waals surface area (Å²) in [6, 6.07) is 0. The summed E-state index contributed by atoms with van der Waals surface area (Å²) >= 11 is 0. The van der Waals surface area contributed by atoms with Crippen molar-refractivity contribution in [2.24, 2.45) is 0 Å². The van der Waals surface area contributed by atoms with E-state index in [0.29, 0.717) is 19.3 Å². The van der Waals surface area contributed by atoms with Gasteiger partial charge in [0.25, 0.3) is 0 Å². The van der Waals surface area contributed by atoms with Crippen LogP contribution in [-0.2, 0) is 55.8 Å². The summed E-state index contributed by atoms with van der Waals surface area (Å²) in [5.41, 5.74) is 0. The molecular weight excluding hydrogens is 1120 g/mol. The van der Waals surface area contributed by atoms with Crippen molar-refractivity contribution in [2.75, 3.05) is 39.6 Å². The molecule has 0 spiro atoms. The largest absolute Gasteiger partial charge is 0.472 e. The molecule has 5 unspecified atom stereocenters. The summed E-state index contributed by atoms with van der Waals surface area (Å²) in [5, 5.41) is 20.5. The molecule has 4 N–H and O–H groups in total. The third-order valence-electron chi connectivity index (χ3n) is 13.0. The lowest BCUT2D eigenvalue weighted by Gasteiger charge is -2.21. The molecule has 16 nitrogen and oxygen atoms in total. The van der Waals surface area contributed by atoms with E-state index in [2.05, 4.69) is 130 Å². The van der Waals surface area contributed by atoms with Crippen LogP contribution < -0.4 is 0 Å². The highest BCUT2D eigenvalue weighted by Gasteiger charge is 2.29. The van der Waals surface area contributed by atoms with Gasteiger partial charge in [0.05, 0.1) is 26.4 Å². The summed E-state index contributed by atoms with van der Waals surface area (Å²) in [4.78, 5) is 58.2. The van der Waals surface area contributed by atoms with E-state index in [4.69, 9.17) is 32.3 Å². The smallest absolute Gasteiger partial charge is 0.463 e. The van der Waals surface area contributed by atoms with Crippen LogP contribution in [0, 0.1) is 0 Å². The molecule has 0 bridgehead atoms. The molecule has 0 rings (SSSR count). The molecule has 85 heavy (non-hydrogen) atoms. The maximum atomic E-state index is 12.9. The van der Waals surface area contributed by atoms with E-state index < -0.39 is 91.5 Å². The second-order valence-corrected chi connectivity index (χ2v) is 24.1. The molecule has 0 fully saturated rings. The molecule has 0 aliphatic rings. The van der Waals surface area contributed by atoms with Gasteiger partial charge in [0.2, 0.25) is 0 Å². The van der Waals surface area contributed by atoms with Gasteiger partial charge in [0.1, 0.15) is 25.4 Å². The van der Waals surface area contributed by atoms with Crippen molar-refractivity contribution >= 4 is 33.6 Å². The van der Waals surface area contributed by atoms with Crippen LogP contribution in [0.15, 0.2) is 109 Å². The minimum Gasteiger partial charge on any atom is -0.463 e. The number of allylic oxidation sites excluding steroid dienone is 18. The first-order chi connectivity index (χ1) is 41.2. The molecule has 0 aromatic carbocycles. The van der Waals surface area contributed by atoms with Crippen molar-refractivity contribution in [3.05, 3.63) is 109 Å². The zero-order valence-corrected chi connectivity index (χ0v) is 54.3. The van der Waals surface area contributed by atoms with Crippen LogP contribution in [0.2, 0.25) is 0 Å². The van der Waals surface area contributed by atoms with Crippen molar-refractivity contribution in [3.8, 4) is 0 Å². The van der Waals surface area contributed by atoms with Crippen LogP contribution >= 0.6 is 15.6 Å². The molecule has 0 aromatic heterocycles. The minimum atomic E-state index is -4.93. The summed E-state index contributed by atoms with van der Waals surface area (Å²) in [6.45, 7) is 2.34. The molecule has 0 aromatic rings. The van der Waals surface area contributed by atoms with Gasteiger partial charge in [-0.2, -0.15) is 0 Å². The number of hydrogen-bond acceptors (Lipinski definition) is 14. The van der Waals surface area contributed by atoms with Crippen molar-refractivity contribution in [3.63, 3.8) is 0 Å². The number of aliphatic hydroxyl groups is 2. The number of phosphoric acid groups is 2. The van der Waals surface area contributed by atoms with Gasteiger partial charge in [-0.05, 0) is 122 Å². The van der Waals surface area contributed by atoms with Gasteiger partial charge in [-0.1, -0.05) is 207 Å². The predicted molar refractivity (Wildman–Crippen MR) is 344 cm³/mol. The molecule has 5 atom stereocenters. The van der Waals surface area contributed by atoms with E-state index >= 15 is 0 Å². The first-order valence-electron chi connectivity index (χ1n) is 32.2. The molecule has 0 amide bonds. The van der Waals surface area contributed by atoms with E-state index in [9.17, 15) is 43.5 Å². The fraction of sp³-hybridized carbons (Fsp3) is 0.687. The molecule has 0 saturated carbocycles. The number of phosphoric ester groups is 2. The second-order valence-electron chi connectivity index (χ2n) is 21.1. The standard InChI is InChI=1S/C67H114O16P2/c1-4-7-10-13-16-19-22-25-28-29-30-31-34-36-38-41-44-47-50-53-65(70)77-56-62(68)57-79-84(73,74)80-58-63(69)59-81-85(75,76)82-61-64(83-67(72)55-52-49-46-43-40-37-33-27-24-21-18-15-12-9-6-3)60-78-66(71)54-51-48-45-42-39-35-32-26-23-20-17-14-11-8-5-2/h7-8,10-11,16-21,25-28,30-33,62-64,68-69H,4-6,9,12-15,22-24,29,34-61H2,1-3H3,(H,73,74)(H,75,76)/b10-7-,11-8-,19-16-,20-17-,21-18-,28-25-,31-30-,32-26-,33-27-. The summed E-state index contributed by atoms with van der Waals surface area (Å²) in [6.07, 6.45) is 65.7. The van der Waals surface area contributed by atoms with Crippen molar-refractivity contribution in [1.82, 2.24) is 0 Å². The van der Waals surface area contributed by atoms with Gasteiger partial charge in [0, 0.05) is 19.3 Å². The van der Waals surface area contributed by atoms with Crippen LogP contribution in [0.25, 0.3) is 0 Å². The van der Waals surface area contributed by atoms with E-state index in [1.165, 1.54) is 19.3 Å². The first-order valence-corrected chi connectivity index (χ1v) is 35.2. The van der Waals surface area contributed by atoms with Crippen LogP contribution in [0.1, 0.15) is 239 Å². The highest BCUT2D eigenvalue weighted by molar-refractivity contribution is 7.47. The van der Waals surface area contributed by atoms with E-state index in [-0.39, 0.29) is 19.3 Å². The Morgan fingerprint density at radius 2 is 0.624 bits per heavy atom. The van der Waals surface area contributed by atoms with E-state index in [1.54, 1.807) is 0 Å². The highest BCUT2D eigenvalue weighted by atomic mass is 31.2. The van der Waals surface area contributed by atoms with Gasteiger partial charge in [0.15, 0.2) is 6.10 Å². The average molecular weight is 1240 g/mol. The maximum Gasteiger partial charge on any atom is 0.472 e. The third kappa shape index (κ3) is 61.6. The van der Waals surface area contributed by atoms with Gasteiger partial charge in [-0.3, -0.25) is 32.5 Å². The number of ether oxygens (including phenoxy) is 3. The molecule has 0 aliphatic heterocycles. The summed E-state index contributed by atoms with van der Waals surface area (Å²) in [5.74, 6) is -1.63. The zero-order chi connectivity index (χ0) is 62.4. The maximum absolute atomic E-state index is 12.9. The normalized spacial score (nSPS) is 15.0. The Balaban J connectivity index is 4.70. The lowest BCUT2D eigenvalue weighted by atomic mass is 10.1. The van der Waals surface area contributed by atoms with Crippen LogP contribution in [0.3, 0.4) is 0 Å². The Labute approximate surface area is 513 Å². The quantitative estimate of drug-likeness (QED) is 0.0146. The summed E-state index contributed by atoms with van der Waals surface area (Å²) in [7, 11) is -9.78. The van der Waals surface area contributed by atoms with E-state index in [1.807, 2.05) is 0 Å². The Hall–Kier alpha value is -3.79. The van der Waals surface area contributed by atoms with Gasteiger partial charge in [-0.25, -0.2) is 9.13 Å².